The highest BCUT2D eigenvalue weighted by Crippen LogP contribution is 2.15. The smallest absolute Gasteiger partial charge is 0.216 e. The van der Waals surface area contributed by atoms with Crippen molar-refractivity contribution >= 4 is 26.0 Å². The summed E-state index contributed by atoms with van der Waals surface area (Å²) in [7, 11) is -3.38. The van der Waals surface area contributed by atoms with Gasteiger partial charge in [0.1, 0.15) is 5.75 Å². The number of nitrogens with one attached hydrogen (secondary N) is 1. The standard InChI is InChI=1S/C16H18BrNO3S/c1-2-21-16-5-3-4-14(10-16)11-18-22(19,20)12-13-6-8-15(17)9-7-13/h3-10,18H,2,11-12H2,1H3. The number of benzene rings is 2. The van der Waals surface area contributed by atoms with Crippen LogP contribution in [0.2, 0.25) is 0 Å². The lowest BCUT2D eigenvalue weighted by molar-refractivity contribution is 0.340. The summed E-state index contributed by atoms with van der Waals surface area (Å²) in [6, 6.07) is 14.6. The maximum atomic E-state index is 12.1. The minimum absolute atomic E-state index is 0.0363. The van der Waals surface area contributed by atoms with Crippen LogP contribution in [0.4, 0.5) is 0 Å². The SMILES string of the molecule is CCOc1cccc(CNS(=O)(=O)Cc2ccc(Br)cc2)c1. The van der Waals surface area contributed by atoms with Crippen LogP contribution in [0, 0.1) is 0 Å². The molecule has 0 heterocycles. The Hall–Kier alpha value is -1.37. The largest absolute Gasteiger partial charge is 0.494 e. The van der Waals surface area contributed by atoms with Crippen molar-refractivity contribution < 1.29 is 13.2 Å². The molecule has 0 spiro atoms. The van der Waals surface area contributed by atoms with Gasteiger partial charge in [-0.25, -0.2) is 13.1 Å². The Morgan fingerprint density at radius 1 is 1.09 bits per heavy atom. The Morgan fingerprint density at radius 3 is 2.50 bits per heavy atom. The van der Waals surface area contributed by atoms with Crippen LogP contribution < -0.4 is 9.46 Å². The second kappa shape index (κ2) is 7.76. The van der Waals surface area contributed by atoms with E-state index in [-0.39, 0.29) is 12.3 Å². The summed E-state index contributed by atoms with van der Waals surface area (Å²) in [5.74, 6) is 0.706. The molecule has 0 aromatic heterocycles. The van der Waals surface area contributed by atoms with Crippen molar-refractivity contribution in [1.29, 1.82) is 0 Å². The monoisotopic (exact) mass is 383 g/mol. The van der Waals surface area contributed by atoms with E-state index in [9.17, 15) is 8.42 Å². The fraction of sp³-hybridized carbons (Fsp3) is 0.250. The lowest BCUT2D eigenvalue weighted by atomic mass is 10.2. The Labute approximate surface area is 139 Å². The predicted octanol–water partition coefficient (Wildman–Crippen LogP) is 3.47. The molecule has 4 nitrogen and oxygen atoms in total. The van der Waals surface area contributed by atoms with Crippen LogP contribution >= 0.6 is 15.9 Å². The van der Waals surface area contributed by atoms with Gasteiger partial charge in [-0.05, 0) is 42.3 Å². The van der Waals surface area contributed by atoms with E-state index in [2.05, 4.69) is 20.7 Å². The van der Waals surface area contributed by atoms with Crippen LogP contribution in [0.3, 0.4) is 0 Å². The topological polar surface area (TPSA) is 55.4 Å². The molecule has 2 rings (SSSR count). The lowest BCUT2D eigenvalue weighted by Gasteiger charge is -2.09. The van der Waals surface area contributed by atoms with Gasteiger partial charge in [-0.1, -0.05) is 40.2 Å². The maximum Gasteiger partial charge on any atom is 0.216 e. The number of rotatable bonds is 7. The summed E-state index contributed by atoms with van der Waals surface area (Å²) in [6.07, 6.45) is 0. The first-order valence-corrected chi connectivity index (χ1v) is 9.36. The van der Waals surface area contributed by atoms with Crippen LogP contribution in [0.5, 0.6) is 5.75 Å². The fourth-order valence-corrected chi connectivity index (χ4v) is 3.34. The highest BCUT2D eigenvalue weighted by molar-refractivity contribution is 9.10. The molecule has 0 fully saturated rings. The zero-order chi connectivity index (χ0) is 16.0. The Morgan fingerprint density at radius 2 is 1.82 bits per heavy atom. The predicted molar refractivity (Wildman–Crippen MR) is 91.2 cm³/mol. The van der Waals surface area contributed by atoms with Crippen molar-refractivity contribution in [3.63, 3.8) is 0 Å². The third kappa shape index (κ3) is 5.44. The molecule has 0 aliphatic heterocycles. The molecule has 1 N–H and O–H groups in total. The fourth-order valence-electron chi connectivity index (χ4n) is 1.96. The Bertz CT molecular complexity index is 714. The first-order chi connectivity index (χ1) is 10.5. The van der Waals surface area contributed by atoms with Gasteiger partial charge in [0.2, 0.25) is 10.0 Å². The van der Waals surface area contributed by atoms with Crippen LogP contribution in [-0.2, 0) is 22.3 Å². The van der Waals surface area contributed by atoms with Gasteiger partial charge in [-0.3, -0.25) is 0 Å². The van der Waals surface area contributed by atoms with Crippen molar-refractivity contribution in [1.82, 2.24) is 4.72 Å². The number of hydrogen-bond donors (Lipinski definition) is 1. The molecule has 0 radical (unpaired) electrons. The summed E-state index contributed by atoms with van der Waals surface area (Å²) in [6.45, 7) is 2.74. The Balaban J connectivity index is 1.97. The van der Waals surface area contributed by atoms with E-state index in [1.807, 2.05) is 43.3 Å². The van der Waals surface area contributed by atoms with Crippen molar-refractivity contribution in [2.45, 2.75) is 19.2 Å². The second-order valence-corrected chi connectivity index (χ2v) is 7.51. The normalized spacial score (nSPS) is 11.4. The average molecular weight is 384 g/mol. The summed E-state index contributed by atoms with van der Waals surface area (Å²) < 4.78 is 33.2. The summed E-state index contributed by atoms with van der Waals surface area (Å²) in [4.78, 5) is 0. The summed E-state index contributed by atoms with van der Waals surface area (Å²) in [5, 5.41) is 0. The molecule has 0 amide bonds. The van der Waals surface area contributed by atoms with Crippen LogP contribution in [0.25, 0.3) is 0 Å². The Kier molecular flexibility index (Phi) is 5.99. The van der Waals surface area contributed by atoms with E-state index in [0.717, 1.165) is 21.3 Å². The third-order valence-electron chi connectivity index (χ3n) is 2.98. The summed E-state index contributed by atoms with van der Waals surface area (Å²) >= 11 is 3.33. The number of ether oxygens (including phenoxy) is 1. The minimum atomic E-state index is -3.38. The van der Waals surface area contributed by atoms with Crippen molar-refractivity contribution in [3.8, 4) is 5.75 Å². The van der Waals surface area contributed by atoms with Crippen molar-refractivity contribution in [2.75, 3.05) is 6.61 Å². The van der Waals surface area contributed by atoms with E-state index in [1.54, 1.807) is 12.1 Å². The first-order valence-electron chi connectivity index (χ1n) is 6.92. The van der Waals surface area contributed by atoms with Gasteiger partial charge in [0.05, 0.1) is 12.4 Å². The van der Waals surface area contributed by atoms with E-state index in [0.29, 0.717) is 6.61 Å². The van der Waals surface area contributed by atoms with Gasteiger partial charge in [-0.15, -0.1) is 0 Å². The van der Waals surface area contributed by atoms with E-state index in [4.69, 9.17) is 4.74 Å². The number of halogens is 1. The lowest BCUT2D eigenvalue weighted by Crippen LogP contribution is -2.24. The van der Waals surface area contributed by atoms with Gasteiger partial charge < -0.3 is 4.74 Å². The maximum absolute atomic E-state index is 12.1. The van der Waals surface area contributed by atoms with Gasteiger partial charge in [0.25, 0.3) is 0 Å². The van der Waals surface area contributed by atoms with Crippen LogP contribution in [0.15, 0.2) is 53.0 Å². The second-order valence-electron chi connectivity index (χ2n) is 4.79. The molecule has 0 saturated heterocycles. The first kappa shape index (κ1) is 17.0. The molecule has 22 heavy (non-hydrogen) atoms. The molecule has 118 valence electrons. The molecule has 0 saturated carbocycles. The van der Waals surface area contributed by atoms with E-state index < -0.39 is 10.0 Å². The number of hydrogen-bond acceptors (Lipinski definition) is 3. The highest BCUT2D eigenvalue weighted by atomic mass is 79.9. The molecule has 0 aliphatic carbocycles. The van der Waals surface area contributed by atoms with E-state index in [1.165, 1.54) is 0 Å². The van der Waals surface area contributed by atoms with Gasteiger partial charge in [0.15, 0.2) is 0 Å². The highest BCUT2D eigenvalue weighted by Gasteiger charge is 2.11. The molecule has 0 aliphatic rings. The molecule has 0 atom stereocenters. The molecular weight excluding hydrogens is 366 g/mol. The van der Waals surface area contributed by atoms with Gasteiger partial charge in [-0.2, -0.15) is 0 Å². The zero-order valence-electron chi connectivity index (χ0n) is 12.3. The van der Waals surface area contributed by atoms with Crippen LogP contribution in [-0.4, -0.2) is 15.0 Å². The number of sulfonamides is 1. The molecule has 0 bridgehead atoms. The molecule has 2 aromatic carbocycles. The van der Waals surface area contributed by atoms with Crippen molar-refractivity contribution in [3.05, 3.63) is 64.1 Å². The zero-order valence-corrected chi connectivity index (χ0v) is 14.7. The molecular formula is C16H18BrNO3S. The molecule has 6 heteroatoms. The molecule has 0 unspecified atom stereocenters. The third-order valence-corrected chi connectivity index (χ3v) is 4.80. The summed E-state index contributed by atoms with van der Waals surface area (Å²) in [5.41, 5.74) is 1.61. The van der Waals surface area contributed by atoms with Gasteiger partial charge >= 0.3 is 0 Å². The van der Waals surface area contributed by atoms with Crippen LogP contribution in [0.1, 0.15) is 18.1 Å². The van der Waals surface area contributed by atoms with Gasteiger partial charge in [0, 0.05) is 11.0 Å². The quantitative estimate of drug-likeness (QED) is 0.796. The molecule has 2 aromatic rings. The van der Waals surface area contributed by atoms with E-state index >= 15 is 0 Å². The van der Waals surface area contributed by atoms with Crippen molar-refractivity contribution in [2.24, 2.45) is 0 Å². The average Bonchev–Trinajstić information content (AvgIpc) is 2.48. The minimum Gasteiger partial charge on any atom is -0.494 e.